The number of nitriles is 1. The van der Waals surface area contributed by atoms with Crippen LogP contribution in [0, 0.1) is 23.7 Å². The standard InChI is InChI=1S/C20H17N3O3/c1-3-12-22-20(25)17-6-4-5-7-18(17)23-19(24)14(2)26-16-10-8-15(13-21)9-11-16/h1,4-11,14H,12H2,2H3,(H,22,25)(H,23,24). The average molecular weight is 347 g/mol. The van der Waals surface area contributed by atoms with Gasteiger partial charge >= 0.3 is 0 Å². The summed E-state index contributed by atoms with van der Waals surface area (Å²) in [5.74, 6) is 2.00. The topological polar surface area (TPSA) is 91.2 Å². The highest BCUT2D eigenvalue weighted by Crippen LogP contribution is 2.17. The smallest absolute Gasteiger partial charge is 0.265 e. The number of anilines is 1. The van der Waals surface area contributed by atoms with E-state index in [4.69, 9.17) is 16.4 Å². The fourth-order valence-corrected chi connectivity index (χ4v) is 2.12. The fourth-order valence-electron chi connectivity index (χ4n) is 2.12. The Balaban J connectivity index is 2.05. The van der Waals surface area contributed by atoms with Crippen molar-refractivity contribution >= 4 is 17.5 Å². The highest BCUT2D eigenvalue weighted by atomic mass is 16.5. The summed E-state index contributed by atoms with van der Waals surface area (Å²) in [7, 11) is 0. The number of nitrogens with one attached hydrogen (secondary N) is 2. The molecule has 0 bridgehead atoms. The van der Waals surface area contributed by atoms with E-state index in [0.29, 0.717) is 22.6 Å². The van der Waals surface area contributed by atoms with Crippen LogP contribution in [0.3, 0.4) is 0 Å². The zero-order valence-corrected chi connectivity index (χ0v) is 14.2. The van der Waals surface area contributed by atoms with Crippen molar-refractivity contribution in [1.82, 2.24) is 5.32 Å². The fraction of sp³-hybridized carbons (Fsp3) is 0.150. The van der Waals surface area contributed by atoms with Crippen LogP contribution in [0.2, 0.25) is 0 Å². The molecule has 0 saturated carbocycles. The first-order valence-corrected chi connectivity index (χ1v) is 7.83. The van der Waals surface area contributed by atoms with Crippen LogP contribution in [0.4, 0.5) is 5.69 Å². The van der Waals surface area contributed by atoms with Crippen LogP contribution < -0.4 is 15.4 Å². The van der Waals surface area contributed by atoms with Gasteiger partial charge in [-0.15, -0.1) is 6.42 Å². The Morgan fingerprint density at radius 2 is 1.88 bits per heavy atom. The Morgan fingerprint density at radius 3 is 2.54 bits per heavy atom. The maximum absolute atomic E-state index is 12.4. The second-order valence-corrected chi connectivity index (χ2v) is 5.32. The molecule has 2 rings (SSSR count). The predicted molar refractivity (Wildman–Crippen MR) is 97.5 cm³/mol. The summed E-state index contributed by atoms with van der Waals surface area (Å²) in [4.78, 5) is 24.5. The molecule has 0 fully saturated rings. The lowest BCUT2D eigenvalue weighted by Crippen LogP contribution is -2.31. The third kappa shape index (κ3) is 4.86. The third-order valence-corrected chi connectivity index (χ3v) is 3.45. The summed E-state index contributed by atoms with van der Waals surface area (Å²) < 4.78 is 5.56. The lowest BCUT2D eigenvalue weighted by atomic mass is 10.1. The zero-order valence-electron chi connectivity index (χ0n) is 14.2. The molecule has 0 aromatic heterocycles. The monoisotopic (exact) mass is 347 g/mol. The zero-order chi connectivity index (χ0) is 18.9. The molecule has 0 spiro atoms. The van der Waals surface area contributed by atoms with Crippen molar-refractivity contribution in [3.63, 3.8) is 0 Å². The van der Waals surface area contributed by atoms with Crippen molar-refractivity contribution < 1.29 is 14.3 Å². The highest BCUT2D eigenvalue weighted by Gasteiger charge is 2.18. The van der Waals surface area contributed by atoms with Crippen molar-refractivity contribution in [3.8, 4) is 24.2 Å². The predicted octanol–water partition coefficient (Wildman–Crippen LogP) is 2.33. The molecule has 0 saturated heterocycles. The van der Waals surface area contributed by atoms with Crippen LogP contribution in [0.25, 0.3) is 0 Å². The Morgan fingerprint density at radius 1 is 1.19 bits per heavy atom. The van der Waals surface area contributed by atoms with Crippen LogP contribution in [0.5, 0.6) is 5.75 Å². The quantitative estimate of drug-likeness (QED) is 0.785. The lowest BCUT2D eigenvalue weighted by molar-refractivity contribution is -0.122. The van der Waals surface area contributed by atoms with Gasteiger partial charge in [0.15, 0.2) is 6.10 Å². The number of carbonyl (C=O) groups is 2. The molecular formula is C20H17N3O3. The van der Waals surface area contributed by atoms with Crippen LogP contribution >= 0.6 is 0 Å². The molecule has 0 aliphatic rings. The molecule has 2 aromatic rings. The lowest BCUT2D eigenvalue weighted by Gasteiger charge is -2.16. The van der Waals surface area contributed by atoms with Gasteiger partial charge in [0, 0.05) is 0 Å². The summed E-state index contributed by atoms with van der Waals surface area (Å²) in [6.45, 7) is 1.69. The average Bonchev–Trinajstić information content (AvgIpc) is 2.67. The van der Waals surface area contributed by atoms with Crippen LogP contribution in [0.1, 0.15) is 22.8 Å². The summed E-state index contributed by atoms with van der Waals surface area (Å²) >= 11 is 0. The third-order valence-electron chi connectivity index (χ3n) is 3.45. The number of nitrogens with zero attached hydrogens (tertiary/aromatic N) is 1. The Hall–Kier alpha value is -3.77. The molecule has 0 radical (unpaired) electrons. The van der Waals surface area contributed by atoms with Gasteiger partial charge in [-0.1, -0.05) is 18.1 Å². The summed E-state index contributed by atoms with van der Waals surface area (Å²) in [6.07, 6.45) is 4.33. The number of terminal acetylenes is 1. The van der Waals surface area contributed by atoms with Crippen molar-refractivity contribution in [2.45, 2.75) is 13.0 Å². The van der Waals surface area contributed by atoms with Crippen LogP contribution in [-0.2, 0) is 4.79 Å². The van der Waals surface area contributed by atoms with Gasteiger partial charge in [0.2, 0.25) is 0 Å². The van der Waals surface area contributed by atoms with Gasteiger partial charge in [-0.3, -0.25) is 9.59 Å². The summed E-state index contributed by atoms with van der Waals surface area (Å²) in [6, 6.07) is 15.1. The largest absolute Gasteiger partial charge is 0.481 e. The van der Waals surface area contributed by atoms with E-state index in [1.54, 1.807) is 55.5 Å². The molecule has 2 aromatic carbocycles. The number of hydrogen-bond donors (Lipinski definition) is 2. The second-order valence-electron chi connectivity index (χ2n) is 5.32. The summed E-state index contributed by atoms with van der Waals surface area (Å²) in [5, 5.41) is 14.0. The van der Waals surface area contributed by atoms with E-state index >= 15 is 0 Å². The minimum absolute atomic E-state index is 0.0965. The van der Waals surface area contributed by atoms with E-state index in [-0.39, 0.29) is 12.5 Å². The van der Waals surface area contributed by atoms with Crippen molar-refractivity contribution in [3.05, 3.63) is 59.7 Å². The Bertz CT molecular complexity index is 876. The molecule has 6 heteroatoms. The molecule has 1 unspecified atom stereocenters. The molecule has 1 atom stereocenters. The van der Waals surface area contributed by atoms with E-state index in [2.05, 4.69) is 16.6 Å². The molecule has 130 valence electrons. The van der Waals surface area contributed by atoms with Crippen molar-refractivity contribution in [1.29, 1.82) is 5.26 Å². The molecule has 2 amide bonds. The second kappa shape index (κ2) is 8.91. The number of amides is 2. The van der Waals surface area contributed by atoms with E-state index < -0.39 is 12.0 Å². The molecule has 2 N–H and O–H groups in total. The van der Waals surface area contributed by atoms with E-state index in [0.717, 1.165) is 0 Å². The highest BCUT2D eigenvalue weighted by molar-refractivity contribution is 6.04. The van der Waals surface area contributed by atoms with Gasteiger partial charge in [0.1, 0.15) is 5.75 Å². The number of carbonyl (C=O) groups excluding carboxylic acids is 2. The molecule has 0 aliphatic carbocycles. The van der Waals surface area contributed by atoms with Gasteiger partial charge < -0.3 is 15.4 Å². The molecule has 0 heterocycles. The van der Waals surface area contributed by atoms with E-state index in [1.165, 1.54) is 0 Å². The SMILES string of the molecule is C#CCNC(=O)c1ccccc1NC(=O)C(C)Oc1ccc(C#N)cc1. The maximum atomic E-state index is 12.4. The molecule has 0 aliphatic heterocycles. The van der Waals surface area contributed by atoms with Gasteiger partial charge in [-0.2, -0.15) is 5.26 Å². The van der Waals surface area contributed by atoms with Gasteiger partial charge in [0.05, 0.1) is 29.4 Å². The van der Waals surface area contributed by atoms with Crippen LogP contribution in [-0.4, -0.2) is 24.5 Å². The normalized spacial score (nSPS) is 10.7. The maximum Gasteiger partial charge on any atom is 0.265 e. The van der Waals surface area contributed by atoms with Crippen molar-refractivity contribution in [2.75, 3.05) is 11.9 Å². The van der Waals surface area contributed by atoms with Gasteiger partial charge in [-0.25, -0.2) is 0 Å². The first-order chi connectivity index (χ1) is 12.5. The number of benzene rings is 2. The minimum Gasteiger partial charge on any atom is -0.481 e. The number of ether oxygens (including phenoxy) is 1. The van der Waals surface area contributed by atoms with E-state index in [1.807, 2.05) is 6.07 Å². The first kappa shape index (κ1) is 18.6. The number of para-hydroxylation sites is 1. The molecule has 6 nitrogen and oxygen atoms in total. The van der Waals surface area contributed by atoms with Gasteiger partial charge in [-0.05, 0) is 43.3 Å². The summed E-state index contributed by atoms with van der Waals surface area (Å²) in [5.41, 5.74) is 1.17. The Labute approximate surface area is 151 Å². The Kier molecular flexibility index (Phi) is 6.36. The minimum atomic E-state index is -0.801. The number of rotatable bonds is 6. The number of hydrogen-bond acceptors (Lipinski definition) is 4. The van der Waals surface area contributed by atoms with E-state index in [9.17, 15) is 9.59 Å². The first-order valence-electron chi connectivity index (χ1n) is 7.83. The van der Waals surface area contributed by atoms with Crippen LogP contribution in [0.15, 0.2) is 48.5 Å². The van der Waals surface area contributed by atoms with Gasteiger partial charge in [0.25, 0.3) is 11.8 Å². The van der Waals surface area contributed by atoms with Crippen molar-refractivity contribution in [2.24, 2.45) is 0 Å². The molecule has 26 heavy (non-hydrogen) atoms. The molecular weight excluding hydrogens is 330 g/mol.